The Morgan fingerprint density at radius 3 is 2.75 bits per heavy atom. The second kappa shape index (κ2) is 9.84. The molecular formula is C27H22F2N8O3. The van der Waals surface area contributed by atoms with Crippen LogP contribution in [-0.2, 0) is 16.1 Å². The van der Waals surface area contributed by atoms with Crippen molar-refractivity contribution < 1.29 is 23.2 Å². The molecule has 3 N–H and O–H groups in total. The molecule has 3 amide bonds. The molecular weight excluding hydrogens is 522 g/mol. The second-order valence-electron chi connectivity index (χ2n) is 9.42. The number of rotatable bonds is 6. The zero-order chi connectivity index (χ0) is 28.0. The number of alkyl halides is 1. The molecule has 0 saturated carbocycles. The fraction of sp³-hybridized carbons (Fsp3) is 0.185. The summed E-state index contributed by atoms with van der Waals surface area (Å²) in [4.78, 5) is 43.7. The number of hydrogen-bond donors (Lipinski definition) is 2. The van der Waals surface area contributed by atoms with Crippen molar-refractivity contribution in [3.63, 3.8) is 0 Å². The van der Waals surface area contributed by atoms with Gasteiger partial charge in [0.1, 0.15) is 18.8 Å². The third-order valence-electron chi connectivity index (χ3n) is 6.86. The molecule has 40 heavy (non-hydrogen) atoms. The van der Waals surface area contributed by atoms with Crippen LogP contribution in [0.15, 0.2) is 67.1 Å². The summed E-state index contributed by atoms with van der Waals surface area (Å²) >= 11 is 0. The average molecular weight is 545 g/mol. The van der Waals surface area contributed by atoms with Gasteiger partial charge in [0.2, 0.25) is 11.8 Å². The summed E-state index contributed by atoms with van der Waals surface area (Å²) in [6.45, 7) is -0.659. The predicted octanol–water partition coefficient (Wildman–Crippen LogP) is 2.56. The average Bonchev–Trinajstić information content (AvgIpc) is 3.66. The number of para-hydroxylation sites is 1. The highest BCUT2D eigenvalue weighted by Crippen LogP contribution is 2.29. The van der Waals surface area contributed by atoms with Gasteiger partial charge in [0.05, 0.1) is 23.9 Å². The van der Waals surface area contributed by atoms with E-state index in [-0.39, 0.29) is 36.5 Å². The number of nitrogens with zero attached hydrogens (tertiary/aromatic N) is 6. The smallest absolute Gasteiger partial charge is 0.269 e. The maximum Gasteiger partial charge on any atom is 0.269 e. The molecule has 11 nitrogen and oxygen atoms in total. The van der Waals surface area contributed by atoms with Gasteiger partial charge in [-0.05, 0) is 12.1 Å². The maximum absolute atomic E-state index is 15.5. The lowest BCUT2D eigenvalue weighted by Crippen LogP contribution is -2.44. The Labute approximate surface area is 225 Å². The van der Waals surface area contributed by atoms with Gasteiger partial charge in [0.25, 0.3) is 5.91 Å². The molecule has 13 heteroatoms. The summed E-state index contributed by atoms with van der Waals surface area (Å²) in [7, 11) is 0. The quantitative estimate of drug-likeness (QED) is 0.337. The van der Waals surface area contributed by atoms with Gasteiger partial charge in [0, 0.05) is 41.4 Å². The maximum atomic E-state index is 15.5. The van der Waals surface area contributed by atoms with Gasteiger partial charge in [-0.25, -0.2) is 18.3 Å². The van der Waals surface area contributed by atoms with Crippen molar-refractivity contribution in [3.8, 4) is 11.1 Å². The van der Waals surface area contributed by atoms with E-state index in [0.29, 0.717) is 22.1 Å². The van der Waals surface area contributed by atoms with E-state index in [1.165, 1.54) is 27.5 Å². The van der Waals surface area contributed by atoms with E-state index in [9.17, 15) is 18.8 Å². The van der Waals surface area contributed by atoms with E-state index in [2.05, 4.69) is 20.5 Å². The van der Waals surface area contributed by atoms with Gasteiger partial charge in [0.15, 0.2) is 17.2 Å². The topological polar surface area (TPSA) is 141 Å². The Hall–Kier alpha value is -5.20. The number of likely N-dealkylation sites (tertiary alicyclic amines) is 1. The Balaban J connectivity index is 1.23. The number of nitrogens with one attached hydrogen (secondary N) is 1. The summed E-state index contributed by atoms with van der Waals surface area (Å²) in [6, 6.07) is 11.8. The number of aromatic nitrogens is 5. The highest BCUT2D eigenvalue weighted by Gasteiger charge is 2.40. The summed E-state index contributed by atoms with van der Waals surface area (Å²) in [6.07, 6.45) is 2.98. The number of nitrogens with two attached hydrogens (primary N) is 1. The van der Waals surface area contributed by atoms with Gasteiger partial charge in [-0.1, -0.05) is 30.3 Å². The Bertz CT molecular complexity index is 1800. The van der Waals surface area contributed by atoms with Gasteiger partial charge in [-0.3, -0.25) is 19.1 Å². The van der Waals surface area contributed by atoms with Crippen LogP contribution in [0.1, 0.15) is 16.9 Å². The van der Waals surface area contributed by atoms with E-state index in [0.717, 1.165) is 4.90 Å². The standard InChI is InChI=1S/C27H22F2N8O3/c28-16-10-21(35(13-16)23(38)14-36-20-7-2-1-4-18(20)25(34-36)26(30)39)27(40)33-19-6-3-5-17(24(19)29)15-11-31-22-8-9-32-37(22)12-15/h1-9,11-12,16,21H,10,13-14H2,(H2,30,39)(H,33,40)/t16-,21+/m1/s1. The number of benzene rings is 2. The molecule has 1 aliphatic rings. The molecule has 1 saturated heterocycles. The number of fused-ring (bicyclic) bond motifs is 2. The molecule has 4 heterocycles. The molecule has 1 aliphatic heterocycles. The fourth-order valence-electron chi connectivity index (χ4n) is 4.97. The van der Waals surface area contributed by atoms with Crippen LogP contribution < -0.4 is 11.1 Å². The SMILES string of the molecule is NC(=O)c1nn(CC(=O)N2C[C@H](F)C[C@H]2C(=O)Nc2cccc(-c3cnc4ccnn4c3)c2F)c2ccccc12. The number of carbonyl (C=O) groups is 3. The Morgan fingerprint density at radius 1 is 1.10 bits per heavy atom. The highest BCUT2D eigenvalue weighted by molar-refractivity contribution is 6.04. The van der Waals surface area contributed by atoms with E-state index in [1.807, 2.05) is 0 Å². The van der Waals surface area contributed by atoms with Crippen LogP contribution in [0, 0.1) is 5.82 Å². The zero-order valence-corrected chi connectivity index (χ0v) is 20.9. The largest absolute Gasteiger partial charge is 0.364 e. The molecule has 5 aromatic rings. The van der Waals surface area contributed by atoms with Crippen LogP contribution >= 0.6 is 0 Å². The molecule has 2 atom stereocenters. The third-order valence-corrected chi connectivity index (χ3v) is 6.86. The molecule has 0 aliphatic carbocycles. The lowest BCUT2D eigenvalue weighted by atomic mass is 10.1. The molecule has 0 radical (unpaired) electrons. The number of hydrogen-bond acceptors (Lipinski definition) is 6. The van der Waals surface area contributed by atoms with E-state index in [4.69, 9.17) is 5.73 Å². The van der Waals surface area contributed by atoms with Crippen molar-refractivity contribution in [2.24, 2.45) is 5.73 Å². The minimum Gasteiger partial charge on any atom is -0.364 e. The lowest BCUT2D eigenvalue weighted by molar-refractivity contribution is -0.137. The van der Waals surface area contributed by atoms with E-state index in [1.54, 1.807) is 48.8 Å². The van der Waals surface area contributed by atoms with Crippen LogP contribution in [0.5, 0.6) is 0 Å². The molecule has 2 aromatic carbocycles. The minimum atomic E-state index is -1.45. The molecule has 1 fully saturated rings. The highest BCUT2D eigenvalue weighted by atomic mass is 19.1. The van der Waals surface area contributed by atoms with Crippen LogP contribution in [0.3, 0.4) is 0 Å². The second-order valence-corrected chi connectivity index (χ2v) is 9.42. The van der Waals surface area contributed by atoms with Crippen molar-refractivity contribution in [1.29, 1.82) is 0 Å². The lowest BCUT2D eigenvalue weighted by Gasteiger charge is -2.24. The molecule has 3 aromatic heterocycles. The number of amides is 3. The van der Waals surface area contributed by atoms with Gasteiger partial charge < -0.3 is 16.0 Å². The first-order valence-electron chi connectivity index (χ1n) is 12.4. The molecule has 202 valence electrons. The summed E-state index contributed by atoms with van der Waals surface area (Å²) < 4.78 is 32.8. The normalized spacial score (nSPS) is 17.0. The van der Waals surface area contributed by atoms with Crippen LogP contribution in [0.4, 0.5) is 14.5 Å². The van der Waals surface area contributed by atoms with Gasteiger partial charge in [-0.2, -0.15) is 10.2 Å². The summed E-state index contributed by atoms with van der Waals surface area (Å²) in [5.74, 6) is -2.78. The summed E-state index contributed by atoms with van der Waals surface area (Å²) in [5.41, 5.74) is 7.01. The minimum absolute atomic E-state index is 0.000235. The molecule has 0 unspecified atom stereocenters. The van der Waals surface area contributed by atoms with Crippen LogP contribution in [-0.4, -0.2) is 65.8 Å². The molecule has 0 spiro atoms. The number of carbonyl (C=O) groups excluding carboxylic acids is 3. The number of halogens is 2. The van der Waals surface area contributed by atoms with Crippen molar-refractivity contribution in [1.82, 2.24) is 29.3 Å². The van der Waals surface area contributed by atoms with Crippen molar-refractivity contribution in [3.05, 3.63) is 78.6 Å². The zero-order valence-electron chi connectivity index (χ0n) is 20.9. The van der Waals surface area contributed by atoms with Crippen LogP contribution in [0.25, 0.3) is 27.7 Å². The predicted molar refractivity (Wildman–Crippen MR) is 140 cm³/mol. The first-order valence-corrected chi connectivity index (χ1v) is 12.4. The van der Waals surface area contributed by atoms with Crippen molar-refractivity contribution in [2.75, 3.05) is 11.9 Å². The van der Waals surface area contributed by atoms with Crippen molar-refractivity contribution in [2.45, 2.75) is 25.2 Å². The van der Waals surface area contributed by atoms with Gasteiger partial charge >= 0.3 is 0 Å². The monoisotopic (exact) mass is 544 g/mol. The first kappa shape index (κ1) is 25.1. The van der Waals surface area contributed by atoms with E-state index < -0.39 is 35.8 Å². The summed E-state index contributed by atoms with van der Waals surface area (Å²) in [5, 5.41) is 11.3. The fourth-order valence-corrected chi connectivity index (χ4v) is 4.97. The number of primary amides is 1. The third kappa shape index (κ3) is 4.40. The first-order chi connectivity index (χ1) is 19.3. The number of anilines is 1. The van der Waals surface area contributed by atoms with E-state index >= 15 is 4.39 Å². The Kier molecular flexibility index (Phi) is 6.17. The molecule has 6 rings (SSSR count). The Morgan fingerprint density at radius 2 is 1.93 bits per heavy atom. The van der Waals surface area contributed by atoms with Gasteiger partial charge in [-0.15, -0.1) is 0 Å². The van der Waals surface area contributed by atoms with Crippen molar-refractivity contribution >= 4 is 40.0 Å². The van der Waals surface area contributed by atoms with Crippen LogP contribution in [0.2, 0.25) is 0 Å². The molecule has 0 bridgehead atoms.